The van der Waals surface area contributed by atoms with Gasteiger partial charge in [0.1, 0.15) is 0 Å². The number of benzene rings is 1. The number of rotatable bonds is 7. The van der Waals surface area contributed by atoms with Crippen molar-refractivity contribution in [3.8, 4) is 0 Å². The number of allylic oxidation sites excluding steroid dienone is 2. The Morgan fingerprint density at radius 1 is 1.22 bits per heavy atom. The number of unbranched alkanes of at least 4 members (excludes halogenated alkanes) is 2. The maximum atomic E-state index is 10.3. The van der Waals surface area contributed by atoms with Crippen LogP contribution in [0.1, 0.15) is 37.3 Å². The molecule has 0 aliphatic carbocycles. The highest BCUT2D eigenvalue weighted by atomic mass is 16.4. The van der Waals surface area contributed by atoms with Crippen LogP contribution in [0.2, 0.25) is 0 Å². The lowest BCUT2D eigenvalue weighted by Crippen LogP contribution is -1.89. The van der Waals surface area contributed by atoms with Crippen LogP contribution in [-0.4, -0.2) is 11.1 Å². The van der Waals surface area contributed by atoms with Crippen molar-refractivity contribution in [3.63, 3.8) is 0 Å². The van der Waals surface area contributed by atoms with Crippen LogP contribution in [0.15, 0.2) is 42.5 Å². The topological polar surface area (TPSA) is 37.3 Å². The SMILES string of the molecule is CCCCCc1ccccc1/C=C/C=C/C(=O)O. The van der Waals surface area contributed by atoms with Gasteiger partial charge in [0.25, 0.3) is 0 Å². The first-order chi connectivity index (χ1) is 8.74. The van der Waals surface area contributed by atoms with E-state index in [2.05, 4.69) is 19.1 Å². The van der Waals surface area contributed by atoms with E-state index in [0.717, 1.165) is 12.5 Å². The molecule has 0 amide bonds. The zero-order valence-corrected chi connectivity index (χ0v) is 10.8. The van der Waals surface area contributed by atoms with Gasteiger partial charge in [-0.2, -0.15) is 0 Å². The summed E-state index contributed by atoms with van der Waals surface area (Å²) < 4.78 is 0. The number of hydrogen-bond acceptors (Lipinski definition) is 1. The molecule has 1 aromatic rings. The molecule has 2 nitrogen and oxygen atoms in total. The largest absolute Gasteiger partial charge is 0.478 e. The summed E-state index contributed by atoms with van der Waals surface area (Å²) in [5.74, 6) is -0.920. The van der Waals surface area contributed by atoms with Gasteiger partial charge in [0.2, 0.25) is 0 Å². The van der Waals surface area contributed by atoms with Crippen molar-refractivity contribution in [2.75, 3.05) is 0 Å². The van der Waals surface area contributed by atoms with Crippen molar-refractivity contribution >= 4 is 12.0 Å². The van der Waals surface area contributed by atoms with Crippen molar-refractivity contribution in [1.29, 1.82) is 0 Å². The molecule has 96 valence electrons. The summed E-state index contributed by atoms with van der Waals surface area (Å²) in [5.41, 5.74) is 2.49. The smallest absolute Gasteiger partial charge is 0.328 e. The molecule has 0 radical (unpaired) electrons. The van der Waals surface area contributed by atoms with Gasteiger partial charge in [-0.25, -0.2) is 4.79 Å². The maximum Gasteiger partial charge on any atom is 0.328 e. The molecule has 2 heteroatoms. The van der Waals surface area contributed by atoms with Gasteiger partial charge in [-0.15, -0.1) is 0 Å². The second-order valence-electron chi connectivity index (χ2n) is 4.21. The molecule has 0 bridgehead atoms. The molecule has 0 saturated carbocycles. The van der Waals surface area contributed by atoms with Crippen molar-refractivity contribution in [2.45, 2.75) is 32.6 Å². The van der Waals surface area contributed by atoms with E-state index in [4.69, 9.17) is 5.11 Å². The fraction of sp³-hybridized carbons (Fsp3) is 0.312. The Bertz CT molecular complexity index is 430. The normalized spacial score (nSPS) is 11.4. The fourth-order valence-electron chi connectivity index (χ4n) is 1.79. The van der Waals surface area contributed by atoms with Crippen LogP contribution in [0, 0.1) is 0 Å². The van der Waals surface area contributed by atoms with Gasteiger partial charge < -0.3 is 5.11 Å². The lowest BCUT2D eigenvalue weighted by atomic mass is 10.0. The third kappa shape index (κ3) is 5.48. The summed E-state index contributed by atoms with van der Waals surface area (Å²) in [5, 5.41) is 8.49. The van der Waals surface area contributed by atoms with Gasteiger partial charge in [0.15, 0.2) is 0 Å². The second kappa shape index (κ2) is 8.29. The summed E-state index contributed by atoms with van der Waals surface area (Å²) >= 11 is 0. The predicted octanol–water partition coefficient (Wildman–Crippen LogP) is 4.07. The van der Waals surface area contributed by atoms with E-state index < -0.39 is 5.97 Å². The minimum Gasteiger partial charge on any atom is -0.478 e. The van der Waals surface area contributed by atoms with E-state index in [1.165, 1.54) is 30.4 Å². The summed E-state index contributed by atoms with van der Waals surface area (Å²) in [6, 6.07) is 8.25. The van der Waals surface area contributed by atoms with Crippen LogP contribution < -0.4 is 0 Å². The van der Waals surface area contributed by atoms with Crippen LogP contribution in [-0.2, 0) is 11.2 Å². The van der Waals surface area contributed by atoms with Gasteiger partial charge in [-0.3, -0.25) is 0 Å². The van der Waals surface area contributed by atoms with Crippen molar-refractivity contribution in [2.24, 2.45) is 0 Å². The number of hydrogen-bond donors (Lipinski definition) is 1. The molecule has 0 atom stereocenters. The highest BCUT2D eigenvalue weighted by Crippen LogP contribution is 2.14. The first-order valence-corrected chi connectivity index (χ1v) is 6.39. The van der Waals surface area contributed by atoms with Crippen LogP contribution in [0.4, 0.5) is 0 Å². The molecule has 0 unspecified atom stereocenters. The van der Waals surface area contributed by atoms with Crippen LogP contribution in [0.25, 0.3) is 6.08 Å². The standard InChI is InChI=1S/C16H20O2/c1-2-3-4-9-14-10-5-6-11-15(14)12-7-8-13-16(17)18/h5-8,10-13H,2-4,9H2,1H3,(H,17,18)/b12-7+,13-8+. The first kappa shape index (κ1) is 14.2. The van der Waals surface area contributed by atoms with E-state index in [-0.39, 0.29) is 0 Å². The number of aryl methyl sites for hydroxylation is 1. The van der Waals surface area contributed by atoms with E-state index in [0.29, 0.717) is 0 Å². The Morgan fingerprint density at radius 3 is 2.72 bits per heavy atom. The maximum absolute atomic E-state index is 10.3. The van der Waals surface area contributed by atoms with E-state index >= 15 is 0 Å². The Morgan fingerprint density at radius 2 is 2.00 bits per heavy atom. The highest BCUT2D eigenvalue weighted by Gasteiger charge is 1.97. The molecule has 18 heavy (non-hydrogen) atoms. The average molecular weight is 244 g/mol. The van der Waals surface area contributed by atoms with Gasteiger partial charge in [-0.1, -0.05) is 62.3 Å². The molecule has 1 N–H and O–H groups in total. The molecule has 0 aliphatic rings. The monoisotopic (exact) mass is 244 g/mol. The third-order valence-corrected chi connectivity index (χ3v) is 2.73. The Labute approximate surface area is 109 Å². The highest BCUT2D eigenvalue weighted by molar-refractivity contribution is 5.80. The number of aliphatic carboxylic acids is 1. The average Bonchev–Trinajstić information content (AvgIpc) is 2.36. The number of carboxylic acid groups (broad SMARTS) is 1. The van der Waals surface area contributed by atoms with Gasteiger partial charge in [0.05, 0.1) is 0 Å². The summed E-state index contributed by atoms with van der Waals surface area (Å²) in [7, 11) is 0. The number of carbonyl (C=O) groups is 1. The molecule has 0 aliphatic heterocycles. The minimum atomic E-state index is -0.920. The predicted molar refractivity (Wildman–Crippen MR) is 75.5 cm³/mol. The lowest BCUT2D eigenvalue weighted by molar-refractivity contribution is -0.131. The summed E-state index contributed by atoms with van der Waals surface area (Å²) in [4.78, 5) is 10.3. The van der Waals surface area contributed by atoms with Crippen LogP contribution >= 0.6 is 0 Å². The molecule has 0 saturated heterocycles. The molecular weight excluding hydrogens is 224 g/mol. The lowest BCUT2D eigenvalue weighted by Gasteiger charge is -2.04. The second-order valence-corrected chi connectivity index (χ2v) is 4.21. The van der Waals surface area contributed by atoms with E-state index in [1.54, 1.807) is 12.2 Å². The van der Waals surface area contributed by atoms with Crippen molar-refractivity contribution < 1.29 is 9.90 Å². The van der Waals surface area contributed by atoms with E-state index in [9.17, 15) is 4.79 Å². The zero-order valence-electron chi connectivity index (χ0n) is 10.8. The molecule has 0 spiro atoms. The summed E-state index contributed by atoms with van der Waals surface area (Å²) in [6.45, 7) is 2.20. The van der Waals surface area contributed by atoms with Crippen LogP contribution in [0.3, 0.4) is 0 Å². The minimum absolute atomic E-state index is 0.920. The molecule has 0 fully saturated rings. The van der Waals surface area contributed by atoms with Gasteiger partial charge >= 0.3 is 5.97 Å². The third-order valence-electron chi connectivity index (χ3n) is 2.73. The molecule has 0 aromatic heterocycles. The molecular formula is C16H20O2. The molecule has 0 heterocycles. The Kier molecular flexibility index (Phi) is 6.55. The molecule has 1 aromatic carbocycles. The molecule has 1 rings (SSSR count). The summed E-state index contributed by atoms with van der Waals surface area (Å²) in [6.07, 6.45) is 11.2. The number of carboxylic acids is 1. The quantitative estimate of drug-likeness (QED) is 0.446. The van der Waals surface area contributed by atoms with E-state index in [1.807, 2.05) is 18.2 Å². The van der Waals surface area contributed by atoms with Gasteiger partial charge in [-0.05, 0) is 24.0 Å². The fourth-order valence-corrected chi connectivity index (χ4v) is 1.79. The van der Waals surface area contributed by atoms with Crippen molar-refractivity contribution in [3.05, 3.63) is 53.6 Å². The van der Waals surface area contributed by atoms with Crippen LogP contribution in [0.5, 0.6) is 0 Å². The van der Waals surface area contributed by atoms with Crippen molar-refractivity contribution in [1.82, 2.24) is 0 Å². The first-order valence-electron chi connectivity index (χ1n) is 6.39. The zero-order chi connectivity index (χ0) is 13.2. The van der Waals surface area contributed by atoms with Gasteiger partial charge in [0, 0.05) is 6.08 Å². The Hall–Kier alpha value is -1.83. The Balaban J connectivity index is 2.66.